The first-order valence-electron chi connectivity index (χ1n) is 11.9. The second kappa shape index (κ2) is 11.0. The van der Waals surface area contributed by atoms with Crippen molar-refractivity contribution in [3.05, 3.63) is 64.5 Å². The number of fused-ring (bicyclic) bond motifs is 1. The fraction of sp³-hybridized carbons (Fsp3) is 0.385. The number of carbonyl (C=O) groups excluding carboxylic acids is 2. The summed E-state index contributed by atoms with van der Waals surface area (Å²) in [7, 11) is 1.84. The van der Waals surface area contributed by atoms with Gasteiger partial charge in [-0.15, -0.1) is 0 Å². The van der Waals surface area contributed by atoms with Crippen LogP contribution in [0.1, 0.15) is 47.1 Å². The Balaban J connectivity index is 1.71. The average molecular weight is 495 g/mol. The summed E-state index contributed by atoms with van der Waals surface area (Å²) < 4.78 is 2.00. The van der Waals surface area contributed by atoms with Crippen molar-refractivity contribution >= 4 is 40.4 Å². The molecule has 184 valence electrons. The summed E-state index contributed by atoms with van der Waals surface area (Å²) in [5, 5.41) is 6.57. The molecule has 0 unspecified atom stereocenters. The number of hydrogen-bond acceptors (Lipinski definition) is 5. The van der Waals surface area contributed by atoms with E-state index in [1.54, 1.807) is 18.2 Å². The Kier molecular flexibility index (Phi) is 7.83. The number of hydrogen-bond donors (Lipinski definition) is 2. The molecule has 0 spiro atoms. The molecule has 0 bridgehead atoms. The number of carbonyl (C=O) groups is 2. The molecular formula is C26H31ClN6O2. The minimum absolute atomic E-state index is 0.0176. The van der Waals surface area contributed by atoms with Crippen molar-refractivity contribution in [2.75, 3.05) is 32.0 Å². The number of likely N-dealkylation sites (tertiary alicyclic amines) is 1. The number of imidazole rings is 1. The molecule has 0 aliphatic carbocycles. The highest BCUT2D eigenvalue weighted by Gasteiger charge is 2.27. The van der Waals surface area contributed by atoms with E-state index in [2.05, 4.69) is 15.6 Å². The highest BCUT2D eigenvalue weighted by Crippen LogP contribution is 2.34. The molecule has 0 saturated carbocycles. The lowest BCUT2D eigenvalue weighted by molar-refractivity contribution is -0.126. The topological polar surface area (TPSA) is 92.2 Å². The first-order chi connectivity index (χ1) is 16.9. The molecule has 1 aliphatic rings. The van der Waals surface area contributed by atoms with Crippen LogP contribution in [0, 0.1) is 13.8 Å². The van der Waals surface area contributed by atoms with E-state index in [-0.39, 0.29) is 17.9 Å². The van der Waals surface area contributed by atoms with E-state index in [4.69, 9.17) is 16.6 Å². The van der Waals surface area contributed by atoms with E-state index in [9.17, 15) is 9.59 Å². The molecule has 4 rings (SSSR count). The Morgan fingerprint density at radius 2 is 1.94 bits per heavy atom. The second-order valence-corrected chi connectivity index (χ2v) is 9.31. The predicted molar refractivity (Wildman–Crippen MR) is 139 cm³/mol. The van der Waals surface area contributed by atoms with Crippen LogP contribution in [0.3, 0.4) is 0 Å². The van der Waals surface area contributed by atoms with Crippen LogP contribution < -0.4 is 10.6 Å². The fourth-order valence-corrected chi connectivity index (χ4v) is 4.86. The Bertz CT molecular complexity index is 1250. The van der Waals surface area contributed by atoms with Crippen LogP contribution in [-0.4, -0.2) is 57.9 Å². The zero-order valence-electron chi connectivity index (χ0n) is 20.3. The molecule has 2 aromatic heterocycles. The average Bonchev–Trinajstić information content (AvgIpc) is 3.01. The van der Waals surface area contributed by atoms with Gasteiger partial charge in [0.1, 0.15) is 0 Å². The van der Waals surface area contributed by atoms with Gasteiger partial charge >= 0.3 is 0 Å². The van der Waals surface area contributed by atoms with E-state index >= 15 is 0 Å². The second-order valence-electron chi connectivity index (χ2n) is 8.90. The number of para-hydroxylation sites is 1. The summed E-state index contributed by atoms with van der Waals surface area (Å²) in [6.45, 7) is 5.56. The first-order valence-corrected chi connectivity index (χ1v) is 12.3. The molecule has 2 N–H and O–H groups in total. The maximum absolute atomic E-state index is 13.2. The molecule has 1 fully saturated rings. The lowest BCUT2D eigenvalue weighted by Crippen LogP contribution is -2.34. The number of halogens is 1. The van der Waals surface area contributed by atoms with Crippen LogP contribution >= 0.6 is 11.6 Å². The fourth-order valence-electron chi connectivity index (χ4n) is 4.60. The third-order valence-electron chi connectivity index (χ3n) is 6.14. The summed E-state index contributed by atoms with van der Waals surface area (Å²) in [5.74, 6) is 0.147. The van der Waals surface area contributed by atoms with E-state index in [1.165, 1.54) is 0 Å². The molecule has 0 radical (unpaired) electrons. The normalized spacial score (nSPS) is 16.6. The van der Waals surface area contributed by atoms with Crippen LogP contribution in [0.4, 0.5) is 5.95 Å². The van der Waals surface area contributed by atoms with Gasteiger partial charge in [0.2, 0.25) is 11.9 Å². The van der Waals surface area contributed by atoms with Gasteiger partial charge in [-0.3, -0.25) is 19.9 Å². The van der Waals surface area contributed by atoms with Crippen LogP contribution in [0.15, 0.2) is 42.5 Å². The summed E-state index contributed by atoms with van der Waals surface area (Å²) >= 11 is 6.63. The van der Waals surface area contributed by atoms with Crippen molar-refractivity contribution in [3.63, 3.8) is 0 Å². The lowest BCUT2D eigenvalue weighted by Gasteiger charge is -2.26. The van der Waals surface area contributed by atoms with Crippen LogP contribution in [0.2, 0.25) is 5.02 Å². The molecule has 3 aromatic rings. The molecule has 1 aliphatic heterocycles. The number of rotatable bonds is 6. The predicted octanol–water partition coefficient (Wildman–Crippen LogP) is 4.28. The molecule has 2 amide bonds. The smallest absolute Gasteiger partial charge is 0.258 e. The van der Waals surface area contributed by atoms with Crippen molar-refractivity contribution in [1.82, 2.24) is 24.8 Å². The minimum atomic E-state index is -0.261. The number of nitrogens with one attached hydrogen (secondary N) is 2. The quantitative estimate of drug-likeness (QED) is 0.499. The molecule has 9 heteroatoms. The Morgan fingerprint density at radius 3 is 2.69 bits per heavy atom. The van der Waals surface area contributed by atoms with Gasteiger partial charge in [-0.2, -0.15) is 0 Å². The van der Waals surface area contributed by atoms with Gasteiger partial charge in [0.05, 0.1) is 22.1 Å². The van der Waals surface area contributed by atoms with Crippen LogP contribution in [0.5, 0.6) is 0 Å². The third-order valence-corrected chi connectivity index (χ3v) is 6.44. The number of aromatic nitrogens is 3. The first kappa shape index (κ1) is 24.9. The third kappa shape index (κ3) is 5.71. The zero-order chi connectivity index (χ0) is 24.9. The summed E-state index contributed by atoms with van der Waals surface area (Å²) in [6, 6.07) is 8.98. The summed E-state index contributed by atoms with van der Waals surface area (Å²) in [5.41, 5.74) is 3.53. The van der Waals surface area contributed by atoms with Gasteiger partial charge in [0.15, 0.2) is 0 Å². The van der Waals surface area contributed by atoms with E-state index in [1.807, 2.05) is 54.6 Å². The molecule has 3 heterocycles. The highest BCUT2D eigenvalue weighted by atomic mass is 35.5. The highest BCUT2D eigenvalue weighted by molar-refractivity contribution is 6.35. The molecule has 1 aromatic carbocycles. The van der Waals surface area contributed by atoms with Gasteiger partial charge in [0.25, 0.3) is 5.91 Å². The van der Waals surface area contributed by atoms with E-state index in [0.717, 1.165) is 36.2 Å². The number of aryl methyl sites for hydroxylation is 2. The molecule has 1 atom stereocenters. The largest absolute Gasteiger partial charge is 0.337 e. The number of benzene rings is 1. The monoisotopic (exact) mass is 494 g/mol. The maximum Gasteiger partial charge on any atom is 0.258 e. The van der Waals surface area contributed by atoms with Crippen molar-refractivity contribution in [3.8, 4) is 0 Å². The van der Waals surface area contributed by atoms with Gasteiger partial charge in [0, 0.05) is 42.7 Å². The van der Waals surface area contributed by atoms with Gasteiger partial charge in [-0.05, 0) is 64.4 Å². The zero-order valence-corrected chi connectivity index (χ0v) is 21.1. The van der Waals surface area contributed by atoms with E-state index in [0.29, 0.717) is 41.7 Å². The standard InChI is InChI=1S/C26H31ClN6O2/c1-17-14-19(15-18(2)29-17)25(35)31-26-30-22-10-6-9-21(27)24(22)33(26)20-8-4-5-13-32(16-20)23(34)11-7-12-28-3/h6-7,9-11,14-15,20,28H,4-5,8,12-13,16H2,1-3H3,(H,30,31,35)/b11-7+/t20-/m1/s1. The number of nitrogens with zero attached hydrogens (tertiary/aromatic N) is 4. The van der Waals surface area contributed by atoms with E-state index < -0.39 is 0 Å². The SMILES string of the molecule is CNC/C=C/C(=O)N1CCCC[C@@H](n2c(NC(=O)c3cc(C)nc(C)c3)nc3cccc(Cl)c32)C1. The lowest BCUT2D eigenvalue weighted by atomic mass is 10.1. The van der Waals surface area contributed by atoms with Crippen LogP contribution in [-0.2, 0) is 4.79 Å². The van der Waals surface area contributed by atoms with Crippen molar-refractivity contribution < 1.29 is 9.59 Å². The summed E-state index contributed by atoms with van der Waals surface area (Å²) in [4.78, 5) is 37.0. The Morgan fingerprint density at radius 1 is 1.17 bits per heavy atom. The number of anilines is 1. The number of amides is 2. The van der Waals surface area contributed by atoms with Crippen molar-refractivity contribution in [2.45, 2.75) is 39.2 Å². The van der Waals surface area contributed by atoms with Crippen LogP contribution in [0.25, 0.3) is 11.0 Å². The Hall–Kier alpha value is -3.23. The summed E-state index contributed by atoms with van der Waals surface area (Å²) in [6.07, 6.45) is 6.16. The van der Waals surface area contributed by atoms with Gasteiger partial charge in [-0.25, -0.2) is 4.98 Å². The van der Waals surface area contributed by atoms with Gasteiger partial charge < -0.3 is 14.8 Å². The molecule has 1 saturated heterocycles. The molecule has 8 nitrogen and oxygen atoms in total. The maximum atomic E-state index is 13.2. The number of pyridine rings is 1. The van der Waals surface area contributed by atoms with Gasteiger partial charge in [-0.1, -0.05) is 23.7 Å². The van der Waals surface area contributed by atoms with Crippen molar-refractivity contribution in [2.24, 2.45) is 0 Å². The molecular weight excluding hydrogens is 464 g/mol. The minimum Gasteiger partial charge on any atom is -0.337 e. The van der Waals surface area contributed by atoms with Crippen molar-refractivity contribution in [1.29, 1.82) is 0 Å². The number of likely N-dealkylation sites (N-methyl/N-ethyl adjacent to an activating group) is 1. The Labute approximate surface area is 210 Å². The molecule has 35 heavy (non-hydrogen) atoms.